The number of unbranched alkanes of at least 4 members (excludes halogenated alkanes) is 2. The Bertz CT molecular complexity index is 1740. The lowest BCUT2D eigenvalue weighted by molar-refractivity contribution is -0.205. The molecule has 1 aromatic carbocycles. The molecule has 0 saturated carbocycles. The van der Waals surface area contributed by atoms with Crippen LogP contribution in [0.5, 0.6) is 0 Å². The van der Waals surface area contributed by atoms with Crippen LogP contribution in [0.2, 0.25) is 0 Å². The van der Waals surface area contributed by atoms with E-state index in [1.807, 2.05) is 0 Å². The maximum atomic E-state index is 13.1. The average Bonchev–Trinajstić information content (AvgIpc) is 3.28. The van der Waals surface area contributed by atoms with Crippen molar-refractivity contribution in [1.82, 2.24) is 37.2 Å². The zero-order chi connectivity index (χ0) is 49.3. The average molecular weight is 956 g/mol. The van der Waals surface area contributed by atoms with Gasteiger partial charge in [0, 0.05) is 5.56 Å². The van der Waals surface area contributed by atoms with Crippen LogP contribution in [0.1, 0.15) is 81.6 Å². The predicted molar refractivity (Wildman–Crippen MR) is 241 cm³/mol. The van der Waals surface area contributed by atoms with E-state index in [4.69, 9.17) is 16.2 Å². The highest BCUT2D eigenvalue weighted by molar-refractivity contribution is 7.99. The number of aliphatic hydroxyl groups excluding tert-OH is 4. The van der Waals surface area contributed by atoms with Gasteiger partial charge in [0.15, 0.2) is 0 Å². The van der Waals surface area contributed by atoms with Crippen molar-refractivity contribution in [2.45, 2.75) is 126 Å². The number of carboxylic acid groups (broad SMARTS) is 1. The molecule has 1 aliphatic rings. The highest BCUT2D eigenvalue weighted by Crippen LogP contribution is 2.29. The Labute approximate surface area is 388 Å². The molecule has 1 saturated heterocycles. The fourth-order valence-electron chi connectivity index (χ4n) is 6.47. The molecule has 24 heteroatoms. The molecule has 23 nitrogen and oxygen atoms in total. The molecule has 16 N–H and O–H groups in total. The predicted octanol–water partition coefficient (Wildman–Crippen LogP) is -3.93. The summed E-state index contributed by atoms with van der Waals surface area (Å²) < 4.78 is 5.51. The Morgan fingerprint density at radius 3 is 1.76 bits per heavy atom. The van der Waals surface area contributed by atoms with E-state index < -0.39 is 128 Å². The summed E-state index contributed by atoms with van der Waals surface area (Å²) in [5.74, 6) is -5.72. The molecule has 1 heterocycles. The van der Waals surface area contributed by atoms with E-state index in [9.17, 15) is 63.9 Å². The number of thioether (sulfide) groups is 1. The summed E-state index contributed by atoms with van der Waals surface area (Å²) in [5, 5.41) is 66.3. The molecular weight excluding hydrogens is 887 g/mol. The molecule has 0 radical (unpaired) electrons. The summed E-state index contributed by atoms with van der Waals surface area (Å²) in [7, 11) is 0. The Balaban J connectivity index is 1.84. The van der Waals surface area contributed by atoms with E-state index in [0.29, 0.717) is 50.9 Å². The number of aliphatic hydroxyl groups is 4. The van der Waals surface area contributed by atoms with Crippen LogP contribution in [0.15, 0.2) is 24.3 Å². The van der Waals surface area contributed by atoms with Crippen LogP contribution < -0.4 is 48.7 Å². The molecule has 0 aromatic heterocycles. The van der Waals surface area contributed by atoms with Gasteiger partial charge < -0.3 is 79.0 Å². The molecule has 0 aliphatic carbocycles. The van der Waals surface area contributed by atoms with Crippen molar-refractivity contribution < 1.29 is 68.6 Å². The molecular formula is C42H69N9O14S. The first-order valence-electron chi connectivity index (χ1n) is 22.0. The molecule has 1 aromatic rings. The number of hydrogen-bond acceptors (Lipinski definition) is 16. The van der Waals surface area contributed by atoms with Gasteiger partial charge in [-0.05, 0) is 101 Å². The van der Waals surface area contributed by atoms with Crippen molar-refractivity contribution in [3.05, 3.63) is 35.4 Å². The Kier molecular flexibility index (Phi) is 26.3. The first-order chi connectivity index (χ1) is 31.3. The Hall–Kier alpha value is -4.95. The maximum Gasteiger partial charge on any atom is 0.326 e. The van der Waals surface area contributed by atoms with Crippen LogP contribution in [-0.4, -0.2) is 172 Å². The van der Waals surface area contributed by atoms with E-state index in [1.165, 1.54) is 18.7 Å². The van der Waals surface area contributed by atoms with E-state index in [-0.39, 0.29) is 30.7 Å². The molecule has 1 aliphatic heterocycles. The molecule has 7 amide bonds. The number of rotatable bonds is 30. The summed E-state index contributed by atoms with van der Waals surface area (Å²) in [6.07, 6.45) is -2.28. The normalized spacial score (nSPS) is 19.9. The van der Waals surface area contributed by atoms with Crippen molar-refractivity contribution in [3.63, 3.8) is 0 Å². The smallest absolute Gasteiger partial charge is 0.326 e. The van der Waals surface area contributed by atoms with Crippen LogP contribution in [0, 0.1) is 5.92 Å². The van der Waals surface area contributed by atoms with Crippen molar-refractivity contribution in [1.29, 1.82) is 0 Å². The minimum atomic E-state index is -1.47. The third-order valence-electron chi connectivity index (χ3n) is 10.3. The summed E-state index contributed by atoms with van der Waals surface area (Å²) in [4.78, 5) is 101. The summed E-state index contributed by atoms with van der Waals surface area (Å²) in [6.45, 7) is 3.48. The van der Waals surface area contributed by atoms with E-state index in [2.05, 4.69) is 37.2 Å². The molecule has 1 fully saturated rings. The summed E-state index contributed by atoms with van der Waals surface area (Å²) in [6, 6.07) is 2.08. The van der Waals surface area contributed by atoms with Gasteiger partial charge in [-0.1, -0.05) is 26.0 Å². The number of hydrogen-bond donors (Lipinski definition) is 14. The van der Waals surface area contributed by atoms with Crippen LogP contribution in [0.25, 0.3) is 0 Å². The minimum absolute atomic E-state index is 0.0271. The van der Waals surface area contributed by atoms with Gasteiger partial charge in [0.2, 0.25) is 35.4 Å². The second-order valence-electron chi connectivity index (χ2n) is 16.3. The van der Waals surface area contributed by atoms with Crippen molar-refractivity contribution in [2.75, 3.05) is 45.1 Å². The van der Waals surface area contributed by atoms with Crippen LogP contribution >= 0.6 is 11.8 Å². The van der Waals surface area contributed by atoms with E-state index >= 15 is 0 Å². The molecule has 372 valence electrons. The van der Waals surface area contributed by atoms with Gasteiger partial charge in [-0.2, -0.15) is 0 Å². The second kappa shape index (κ2) is 30.4. The van der Waals surface area contributed by atoms with Gasteiger partial charge in [0.25, 0.3) is 5.91 Å². The van der Waals surface area contributed by atoms with E-state index in [0.717, 1.165) is 5.56 Å². The SMILES string of the molecule is CC(C)CC(NC(=O)C(CCCCN)NC(=O)CNC(=O)CNC(=O)CNC(=O)C(CCCCN)NC(=O)C(C)NC(=O)c1ccc(CCSC2OC(CO)C(O)C(O)C2O)cc1)C(=O)O. The topological polar surface area (TPSA) is 383 Å². The van der Waals surface area contributed by atoms with Crippen LogP contribution in [0.4, 0.5) is 0 Å². The molecule has 0 bridgehead atoms. The highest BCUT2D eigenvalue weighted by Gasteiger charge is 2.43. The van der Waals surface area contributed by atoms with Gasteiger partial charge in [0.1, 0.15) is 54.0 Å². The number of nitrogens with two attached hydrogens (primary N) is 2. The van der Waals surface area contributed by atoms with Crippen molar-refractivity contribution in [2.24, 2.45) is 17.4 Å². The number of nitrogens with one attached hydrogen (secondary N) is 7. The first kappa shape index (κ1) is 57.2. The number of carboxylic acids is 1. The third-order valence-corrected chi connectivity index (χ3v) is 11.5. The highest BCUT2D eigenvalue weighted by atomic mass is 32.2. The van der Waals surface area contributed by atoms with Crippen LogP contribution in [0.3, 0.4) is 0 Å². The molecule has 66 heavy (non-hydrogen) atoms. The molecule has 2 rings (SSSR count). The first-order valence-corrected chi connectivity index (χ1v) is 23.0. The van der Waals surface area contributed by atoms with Gasteiger partial charge >= 0.3 is 5.97 Å². The van der Waals surface area contributed by atoms with Gasteiger partial charge in [-0.3, -0.25) is 33.6 Å². The number of carbonyl (C=O) groups is 8. The van der Waals surface area contributed by atoms with Gasteiger partial charge in [0.05, 0.1) is 26.2 Å². The summed E-state index contributed by atoms with van der Waals surface area (Å²) >= 11 is 1.20. The number of carbonyl (C=O) groups excluding carboxylic acids is 7. The second-order valence-corrected chi connectivity index (χ2v) is 17.5. The number of amides is 7. The largest absolute Gasteiger partial charge is 0.480 e. The lowest BCUT2D eigenvalue weighted by Gasteiger charge is -2.39. The fraction of sp³-hybridized carbons (Fsp3) is 0.667. The van der Waals surface area contributed by atoms with E-state index in [1.54, 1.807) is 38.1 Å². The maximum absolute atomic E-state index is 13.1. The Morgan fingerprint density at radius 2 is 1.21 bits per heavy atom. The lowest BCUT2D eigenvalue weighted by Crippen LogP contribution is -2.57. The molecule has 9 unspecified atom stereocenters. The Morgan fingerprint density at radius 1 is 0.667 bits per heavy atom. The van der Waals surface area contributed by atoms with Gasteiger partial charge in [-0.15, -0.1) is 11.8 Å². The number of benzene rings is 1. The number of aliphatic carboxylic acids is 1. The summed E-state index contributed by atoms with van der Waals surface area (Å²) in [5.41, 5.74) is 11.4. The van der Waals surface area contributed by atoms with Gasteiger partial charge in [-0.25, -0.2) is 4.79 Å². The third kappa shape index (κ3) is 20.7. The zero-order valence-corrected chi connectivity index (χ0v) is 38.5. The minimum Gasteiger partial charge on any atom is -0.480 e. The molecule has 0 spiro atoms. The van der Waals surface area contributed by atoms with Crippen molar-refractivity contribution >= 4 is 59.1 Å². The standard InChI is InChI=1S/C42H69N9O14S/c1-23(2)18-29(41(63)64)51-40(62)28(9-5-7-16-44)49-33(55)21-46-31(53)19-45-32(54)20-47-39(61)27(8-4-6-15-43)50-37(59)24(3)48-38(60)26-12-10-25(11-13-26)14-17-66-42-36(58)35(57)34(56)30(22-52)65-42/h10-13,23-24,27-30,34-36,42,52,56-58H,4-9,14-22,43-44H2,1-3H3,(H,45,54)(H,46,53)(H,47,61)(H,48,60)(H,49,55)(H,50,59)(H,51,62)(H,63,64). The quantitative estimate of drug-likeness (QED) is 0.0328. The molecule has 9 atom stereocenters. The monoisotopic (exact) mass is 955 g/mol. The van der Waals surface area contributed by atoms with Crippen LogP contribution in [-0.2, 0) is 44.7 Å². The van der Waals surface area contributed by atoms with Crippen molar-refractivity contribution in [3.8, 4) is 0 Å². The zero-order valence-electron chi connectivity index (χ0n) is 37.7. The number of ether oxygens (including phenoxy) is 1. The number of aryl methyl sites for hydroxylation is 1. The lowest BCUT2D eigenvalue weighted by atomic mass is 10.0. The fourth-order valence-corrected chi connectivity index (χ4v) is 7.64.